The van der Waals surface area contributed by atoms with E-state index in [1.807, 2.05) is 49.5 Å². The molecule has 0 N–H and O–H groups in total. The number of aromatic nitrogens is 2. The number of carbonyl (C=O) groups is 1. The Bertz CT molecular complexity index is 769. The molecule has 1 aliphatic rings. The minimum Gasteiger partial charge on any atom is -0.496 e. The predicted octanol–water partition coefficient (Wildman–Crippen LogP) is 3.20. The van der Waals surface area contributed by atoms with Crippen LogP contribution >= 0.6 is 0 Å². The van der Waals surface area contributed by atoms with Crippen molar-refractivity contribution in [1.82, 2.24) is 9.78 Å². The number of nitrogens with zero attached hydrogens (tertiary/aromatic N) is 2. The van der Waals surface area contributed by atoms with Crippen LogP contribution in [0.4, 0.5) is 0 Å². The standard InChI is InChI=1S/C18H18N2O2/c1-20-16-11-10-14(18(21)15(16)12-19-20)8-5-7-13-6-3-4-9-17(13)22-2/h3-9,12H,10-11H2,1-2H3/b7-5+,14-8+. The summed E-state index contributed by atoms with van der Waals surface area (Å²) in [4.78, 5) is 12.4. The first-order chi connectivity index (χ1) is 10.7. The highest BCUT2D eigenvalue weighted by molar-refractivity contribution is 6.10. The first-order valence-corrected chi connectivity index (χ1v) is 7.26. The first kappa shape index (κ1) is 14.3. The van der Waals surface area contributed by atoms with Crippen LogP contribution in [0, 0.1) is 0 Å². The van der Waals surface area contributed by atoms with Crippen LogP contribution in [-0.4, -0.2) is 22.7 Å². The summed E-state index contributed by atoms with van der Waals surface area (Å²) in [5.41, 5.74) is 3.57. The van der Waals surface area contributed by atoms with Crippen LogP contribution in [0.5, 0.6) is 5.75 Å². The molecule has 1 aromatic carbocycles. The van der Waals surface area contributed by atoms with Crippen molar-refractivity contribution < 1.29 is 9.53 Å². The molecule has 4 heteroatoms. The maximum absolute atomic E-state index is 12.4. The number of Topliss-reactive ketones (excluding diaryl/α,β-unsaturated/α-hetero) is 1. The molecule has 0 spiro atoms. The van der Waals surface area contributed by atoms with E-state index in [1.54, 1.807) is 18.0 Å². The van der Waals surface area contributed by atoms with Crippen molar-refractivity contribution in [3.05, 3.63) is 65.0 Å². The number of ketones is 1. The van der Waals surface area contributed by atoms with E-state index < -0.39 is 0 Å². The van der Waals surface area contributed by atoms with E-state index in [9.17, 15) is 4.79 Å². The summed E-state index contributed by atoms with van der Waals surface area (Å²) in [6, 6.07) is 7.79. The quantitative estimate of drug-likeness (QED) is 0.817. The Labute approximate surface area is 129 Å². The van der Waals surface area contributed by atoms with E-state index in [-0.39, 0.29) is 5.78 Å². The number of ether oxygens (including phenoxy) is 1. The van der Waals surface area contributed by atoms with Gasteiger partial charge in [0.05, 0.1) is 18.9 Å². The number of benzene rings is 1. The smallest absolute Gasteiger partial charge is 0.192 e. The fourth-order valence-electron chi connectivity index (χ4n) is 2.72. The highest BCUT2D eigenvalue weighted by Crippen LogP contribution is 2.25. The van der Waals surface area contributed by atoms with E-state index in [0.29, 0.717) is 0 Å². The molecule has 0 atom stereocenters. The molecule has 112 valence electrons. The molecule has 1 heterocycles. The van der Waals surface area contributed by atoms with Gasteiger partial charge in [0.25, 0.3) is 0 Å². The monoisotopic (exact) mass is 294 g/mol. The second-order valence-corrected chi connectivity index (χ2v) is 5.25. The average Bonchev–Trinajstić information content (AvgIpc) is 2.92. The van der Waals surface area contributed by atoms with Gasteiger partial charge in [-0.2, -0.15) is 5.10 Å². The molecular formula is C18H18N2O2. The lowest BCUT2D eigenvalue weighted by Crippen LogP contribution is -2.14. The maximum atomic E-state index is 12.4. The van der Waals surface area contributed by atoms with Crippen LogP contribution in [0.15, 0.2) is 48.2 Å². The molecule has 3 rings (SSSR count). The lowest BCUT2D eigenvalue weighted by atomic mass is 9.91. The lowest BCUT2D eigenvalue weighted by Gasteiger charge is -2.13. The Kier molecular flexibility index (Phi) is 3.92. The van der Waals surface area contributed by atoms with Gasteiger partial charge in [-0.1, -0.05) is 36.4 Å². The van der Waals surface area contributed by atoms with Crippen molar-refractivity contribution in [3.8, 4) is 5.75 Å². The van der Waals surface area contributed by atoms with Crippen LogP contribution in [0.25, 0.3) is 6.08 Å². The fourth-order valence-corrected chi connectivity index (χ4v) is 2.72. The number of hydrogen-bond donors (Lipinski definition) is 0. The van der Waals surface area contributed by atoms with Gasteiger partial charge in [0.15, 0.2) is 5.78 Å². The Morgan fingerprint density at radius 1 is 1.27 bits per heavy atom. The Morgan fingerprint density at radius 3 is 2.91 bits per heavy atom. The maximum Gasteiger partial charge on any atom is 0.192 e. The van der Waals surface area contributed by atoms with E-state index in [4.69, 9.17) is 4.74 Å². The Hall–Kier alpha value is -2.62. The number of hydrogen-bond acceptors (Lipinski definition) is 3. The third kappa shape index (κ3) is 2.60. The van der Waals surface area contributed by atoms with Crippen LogP contribution in [0.3, 0.4) is 0 Å². The van der Waals surface area contributed by atoms with Gasteiger partial charge in [0.1, 0.15) is 5.75 Å². The zero-order chi connectivity index (χ0) is 15.5. The average molecular weight is 294 g/mol. The molecule has 0 aliphatic heterocycles. The largest absolute Gasteiger partial charge is 0.496 e. The van der Waals surface area contributed by atoms with E-state index in [1.165, 1.54) is 0 Å². The summed E-state index contributed by atoms with van der Waals surface area (Å²) >= 11 is 0. The molecular weight excluding hydrogens is 276 g/mol. The second-order valence-electron chi connectivity index (χ2n) is 5.25. The molecule has 0 saturated carbocycles. The number of carbonyl (C=O) groups excluding carboxylic acids is 1. The van der Waals surface area contributed by atoms with Gasteiger partial charge in [0, 0.05) is 23.9 Å². The van der Waals surface area contributed by atoms with Gasteiger partial charge in [-0.3, -0.25) is 9.48 Å². The topological polar surface area (TPSA) is 44.1 Å². The van der Waals surface area contributed by atoms with Gasteiger partial charge >= 0.3 is 0 Å². The van der Waals surface area contributed by atoms with E-state index in [0.717, 1.165) is 41.0 Å². The number of methoxy groups -OCH3 is 1. The summed E-state index contributed by atoms with van der Waals surface area (Å²) < 4.78 is 7.09. The van der Waals surface area contributed by atoms with Gasteiger partial charge in [-0.05, 0) is 18.9 Å². The Morgan fingerprint density at radius 2 is 2.09 bits per heavy atom. The molecule has 0 unspecified atom stereocenters. The van der Waals surface area contributed by atoms with Crippen molar-refractivity contribution in [2.45, 2.75) is 12.8 Å². The van der Waals surface area contributed by atoms with Gasteiger partial charge < -0.3 is 4.74 Å². The number of aryl methyl sites for hydroxylation is 1. The summed E-state index contributed by atoms with van der Waals surface area (Å²) in [5, 5.41) is 4.17. The van der Waals surface area contributed by atoms with E-state index in [2.05, 4.69) is 5.10 Å². The normalized spacial score (nSPS) is 16.3. The van der Waals surface area contributed by atoms with Crippen LogP contribution in [0.1, 0.15) is 28.0 Å². The number of rotatable bonds is 3. The molecule has 0 amide bonds. The first-order valence-electron chi connectivity index (χ1n) is 7.26. The second kappa shape index (κ2) is 6.02. The number of para-hydroxylation sites is 1. The lowest BCUT2D eigenvalue weighted by molar-refractivity contribution is 0.102. The van der Waals surface area contributed by atoms with Crippen LogP contribution in [0.2, 0.25) is 0 Å². The Balaban J connectivity index is 1.82. The van der Waals surface area contributed by atoms with Crippen LogP contribution < -0.4 is 4.74 Å². The van der Waals surface area contributed by atoms with Crippen molar-refractivity contribution in [2.24, 2.45) is 7.05 Å². The van der Waals surface area contributed by atoms with Crippen molar-refractivity contribution in [3.63, 3.8) is 0 Å². The molecule has 0 radical (unpaired) electrons. The zero-order valence-corrected chi connectivity index (χ0v) is 12.7. The van der Waals surface area contributed by atoms with Crippen molar-refractivity contribution in [1.29, 1.82) is 0 Å². The molecule has 2 aromatic rings. The van der Waals surface area contributed by atoms with Crippen LogP contribution in [-0.2, 0) is 13.5 Å². The van der Waals surface area contributed by atoms with E-state index >= 15 is 0 Å². The minimum atomic E-state index is 0.0824. The SMILES string of the molecule is COc1ccccc1/C=C/C=C1\CCc2c(cnn2C)C1=O. The van der Waals surface area contributed by atoms with Gasteiger partial charge in [0.2, 0.25) is 0 Å². The third-order valence-corrected chi connectivity index (χ3v) is 3.94. The summed E-state index contributed by atoms with van der Waals surface area (Å²) in [5.74, 6) is 0.903. The molecule has 0 bridgehead atoms. The van der Waals surface area contributed by atoms with Gasteiger partial charge in [-0.25, -0.2) is 0 Å². The summed E-state index contributed by atoms with van der Waals surface area (Å²) in [6.45, 7) is 0. The highest BCUT2D eigenvalue weighted by atomic mass is 16.5. The predicted molar refractivity (Wildman–Crippen MR) is 86.0 cm³/mol. The molecule has 0 saturated heterocycles. The minimum absolute atomic E-state index is 0.0824. The summed E-state index contributed by atoms with van der Waals surface area (Å²) in [7, 11) is 3.53. The molecule has 1 aliphatic carbocycles. The van der Waals surface area contributed by atoms with Gasteiger partial charge in [-0.15, -0.1) is 0 Å². The molecule has 22 heavy (non-hydrogen) atoms. The number of fused-ring (bicyclic) bond motifs is 1. The van der Waals surface area contributed by atoms with Crippen molar-refractivity contribution >= 4 is 11.9 Å². The summed E-state index contributed by atoms with van der Waals surface area (Å²) in [6.07, 6.45) is 9.02. The molecule has 1 aromatic heterocycles. The molecule has 0 fully saturated rings. The third-order valence-electron chi connectivity index (χ3n) is 3.94. The zero-order valence-electron chi connectivity index (χ0n) is 12.7. The molecule has 4 nitrogen and oxygen atoms in total. The fraction of sp³-hybridized carbons (Fsp3) is 0.222. The number of allylic oxidation sites excluding steroid dienone is 3. The highest BCUT2D eigenvalue weighted by Gasteiger charge is 2.24. The van der Waals surface area contributed by atoms with Crippen molar-refractivity contribution in [2.75, 3.05) is 7.11 Å².